The minimum atomic E-state index is 1.14. The molecule has 1 fully saturated rings. The van der Waals surface area contributed by atoms with Gasteiger partial charge >= 0.3 is 84.2 Å². The molecular weight excluding hydrogens is 239 g/mol. The topological polar surface area (TPSA) is 0 Å². The molecule has 0 aliphatic heterocycles. The van der Waals surface area contributed by atoms with E-state index < -0.39 is 0 Å². The number of hydrogen-bond donors (Lipinski definition) is 0. The van der Waals surface area contributed by atoms with Crippen molar-refractivity contribution in [3.8, 4) is 0 Å². The SMILES string of the molecule is [SnH][CH]1CCCCCCCCC1. The van der Waals surface area contributed by atoms with Gasteiger partial charge in [0.1, 0.15) is 0 Å². The van der Waals surface area contributed by atoms with Crippen LogP contribution >= 0.6 is 0 Å². The van der Waals surface area contributed by atoms with Crippen molar-refractivity contribution >= 4 is 22.5 Å². The van der Waals surface area contributed by atoms with Gasteiger partial charge in [0.05, 0.1) is 0 Å². The third-order valence-electron chi connectivity index (χ3n) is 2.65. The maximum absolute atomic E-state index is 1.54. The van der Waals surface area contributed by atoms with Crippen LogP contribution in [0.2, 0.25) is 3.93 Å². The van der Waals surface area contributed by atoms with Gasteiger partial charge in [0, 0.05) is 0 Å². The number of hydrogen-bond acceptors (Lipinski definition) is 0. The van der Waals surface area contributed by atoms with Crippen molar-refractivity contribution in [1.82, 2.24) is 0 Å². The van der Waals surface area contributed by atoms with E-state index >= 15 is 0 Å². The average molecular weight is 259 g/mol. The van der Waals surface area contributed by atoms with Crippen LogP contribution in [0, 0.1) is 0 Å². The van der Waals surface area contributed by atoms with Crippen molar-refractivity contribution in [1.29, 1.82) is 0 Å². The molecule has 0 saturated heterocycles. The van der Waals surface area contributed by atoms with Crippen molar-refractivity contribution < 1.29 is 0 Å². The zero-order valence-corrected chi connectivity index (χ0v) is 10.8. The molecule has 2 radical (unpaired) electrons. The van der Waals surface area contributed by atoms with Crippen molar-refractivity contribution in [3.05, 3.63) is 0 Å². The summed E-state index contributed by atoms with van der Waals surface area (Å²) >= 11 is 1.51. The molecule has 0 unspecified atom stereocenters. The van der Waals surface area contributed by atoms with Crippen LogP contribution in [0.4, 0.5) is 0 Å². The van der Waals surface area contributed by atoms with Crippen LogP contribution in [0.15, 0.2) is 0 Å². The summed E-state index contributed by atoms with van der Waals surface area (Å²) in [5.74, 6) is 0. The van der Waals surface area contributed by atoms with Crippen LogP contribution in [0.1, 0.15) is 57.8 Å². The summed E-state index contributed by atoms with van der Waals surface area (Å²) in [6.45, 7) is 0. The molecule has 0 aromatic heterocycles. The molecule has 0 nitrogen and oxygen atoms in total. The molecule has 1 rings (SSSR count). The second-order valence-corrected chi connectivity index (χ2v) is 6.50. The quantitative estimate of drug-likeness (QED) is 0.586. The Hall–Kier alpha value is 0.799. The second-order valence-electron chi connectivity index (χ2n) is 3.81. The molecule has 64 valence electrons. The average Bonchev–Trinajstić information content (AvgIpc) is 2.03. The standard InChI is InChI=1S/C10H19.Sn.H/c1-2-4-6-8-10-9-7-5-3-1;;/h1H,2-10H2;;. The Labute approximate surface area is 84.2 Å². The van der Waals surface area contributed by atoms with E-state index in [0.29, 0.717) is 0 Å². The Bertz CT molecular complexity index is 80.9. The zero-order chi connectivity index (χ0) is 7.94. The Morgan fingerprint density at radius 1 is 0.636 bits per heavy atom. The molecule has 1 aliphatic rings. The monoisotopic (exact) mass is 260 g/mol. The van der Waals surface area contributed by atoms with E-state index in [1.165, 1.54) is 67.5 Å². The first-order valence-electron chi connectivity index (χ1n) is 5.15. The van der Waals surface area contributed by atoms with Gasteiger partial charge in [0.25, 0.3) is 0 Å². The molecule has 0 amide bonds. The van der Waals surface area contributed by atoms with E-state index in [2.05, 4.69) is 0 Å². The van der Waals surface area contributed by atoms with Crippen molar-refractivity contribution in [2.24, 2.45) is 0 Å². The van der Waals surface area contributed by atoms with E-state index in [0.717, 1.165) is 3.93 Å². The van der Waals surface area contributed by atoms with Gasteiger partial charge in [0.15, 0.2) is 0 Å². The normalized spacial score (nSPS) is 24.8. The molecule has 0 atom stereocenters. The second kappa shape index (κ2) is 6.33. The summed E-state index contributed by atoms with van der Waals surface area (Å²) in [6.07, 6.45) is 13.7. The molecule has 1 aliphatic carbocycles. The summed E-state index contributed by atoms with van der Waals surface area (Å²) < 4.78 is 1.14. The van der Waals surface area contributed by atoms with Crippen LogP contribution in [-0.2, 0) is 0 Å². The van der Waals surface area contributed by atoms with Gasteiger partial charge in [0.2, 0.25) is 0 Å². The Kier molecular flexibility index (Phi) is 5.69. The molecule has 1 heteroatoms. The Morgan fingerprint density at radius 3 is 1.45 bits per heavy atom. The van der Waals surface area contributed by atoms with Crippen LogP contribution in [0.5, 0.6) is 0 Å². The first-order chi connectivity index (χ1) is 5.39. The molecule has 0 aromatic rings. The summed E-state index contributed by atoms with van der Waals surface area (Å²) in [5, 5.41) is 0. The molecule has 0 bridgehead atoms. The molecule has 0 heterocycles. The molecule has 0 N–H and O–H groups in total. The minimum absolute atomic E-state index is 1.14. The fourth-order valence-corrected chi connectivity index (χ4v) is 3.19. The van der Waals surface area contributed by atoms with E-state index in [9.17, 15) is 0 Å². The zero-order valence-electron chi connectivity index (χ0n) is 7.52. The van der Waals surface area contributed by atoms with Crippen LogP contribution < -0.4 is 0 Å². The van der Waals surface area contributed by atoms with Crippen LogP contribution in [0.25, 0.3) is 0 Å². The summed E-state index contributed by atoms with van der Waals surface area (Å²) in [7, 11) is 0. The van der Waals surface area contributed by atoms with E-state index in [-0.39, 0.29) is 0 Å². The predicted octanol–water partition coefficient (Wildman–Crippen LogP) is 3.20. The van der Waals surface area contributed by atoms with Gasteiger partial charge in [-0.3, -0.25) is 0 Å². The molecule has 0 aromatic carbocycles. The predicted molar refractivity (Wildman–Crippen MR) is 52.5 cm³/mol. The van der Waals surface area contributed by atoms with Crippen LogP contribution in [-0.4, -0.2) is 22.5 Å². The first kappa shape index (κ1) is 9.88. The fraction of sp³-hybridized carbons (Fsp3) is 1.00. The van der Waals surface area contributed by atoms with Gasteiger partial charge in [-0.05, 0) is 0 Å². The van der Waals surface area contributed by atoms with Crippen molar-refractivity contribution in [2.75, 3.05) is 0 Å². The van der Waals surface area contributed by atoms with Gasteiger partial charge in [-0.15, -0.1) is 0 Å². The van der Waals surface area contributed by atoms with Crippen molar-refractivity contribution in [3.63, 3.8) is 0 Å². The Balaban J connectivity index is 2.12. The van der Waals surface area contributed by atoms with Gasteiger partial charge in [-0.25, -0.2) is 0 Å². The third kappa shape index (κ3) is 5.10. The van der Waals surface area contributed by atoms with Crippen LogP contribution in [0.3, 0.4) is 0 Å². The summed E-state index contributed by atoms with van der Waals surface area (Å²) in [5.41, 5.74) is 0. The van der Waals surface area contributed by atoms with E-state index in [4.69, 9.17) is 0 Å². The van der Waals surface area contributed by atoms with Gasteiger partial charge in [-0.1, -0.05) is 0 Å². The molecule has 1 saturated carbocycles. The van der Waals surface area contributed by atoms with Gasteiger partial charge in [-0.2, -0.15) is 0 Å². The van der Waals surface area contributed by atoms with Gasteiger partial charge < -0.3 is 0 Å². The fourth-order valence-electron chi connectivity index (χ4n) is 1.84. The van der Waals surface area contributed by atoms with Crippen molar-refractivity contribution in [2.45, 2.75) is 61.7 Å². The van der Waals surface area contributed by atoms with E-state index in [1.54, 1.807) is 12.8 Å². The van der Waals surface area contributed by atoms with E-state index in [1.807, 2.05) is 0 Å². The summed E-state index contributed by atoms with van der Waals surface area (Å²) in [4.78, 5) is 0. The molecule has 0 spiro atoms. The number of rotatable bonds is 0. The Morgan fingerprint density at radius 2 is 1.00 bits per heavy atom. The maximum atomic E-state index is 1.54. The third-order valence-corrected chi connectivity index (χ3v) is 4.55. The summed E-state index contributed by atoms with van der Waals surface area (Å²) in [6, 6.07) is 0. The first-order valence-corrected chi connectivity index (χ1v) is 7.05. The molecular formula is C10H20Sn. The molecule has 11 heavy (non-hydrogen) atoms.